The Balaban J connectivity index is 1.11. The van der Waals surface area contributed by atoms with Crippen molar-refractivity contribution in [2.75, 3.05) is 5.32 Å². The Bertz CT molecular complexity index is 1240. The number of alkyl halides is 3. The molecule has 178 valence electrons. The molecular weight excluding hydrogens is 452 g/mol. The van der Waals surface area contributed by atoms with Crippen LogP contribution >= 0.6 is 0 Å². The van der Waals surface area contributed by atoms with Crippen molar-refractivity contribution in [2.45, 2.75) is 38.1 Å². The average Bonchev–Trinajstić information content (AvgIpc) is 3.61. The van der Waals surface area contributed by atoms with Gasteiger partial charge in [0.05, 0.1) is 11.6 Å². The molecule has 3 fully saturated rings. The minimum atomic E-state index is -4.62. The zero-order chi connectivity index (χ0) is 23.6. The van der Waals surface area contributed by atoms with Crippen LogP contribution in [-0.2, 0) is 11.1 Å². The third kappa shape index (κ3) is 3.88. The van der Waals surface area contributed by atoms with Crippen LogP contribution in [0.25, 0.3) is 10.9 Å². The van der Waals surface area contributed by atoms with Gasteiger partial charge in [0.15, 0.2) is 5.82 Å². The molecule has 3 aliphatic rings. The molecule has 0 saturated heterocycles. The topological polar surface area (TPSA) is 69.0 Å². The molecular formula is C24H22F4N4O2. The lowest BCUT2D eigenvalue weighted by Crippen LogP contribution is -2.29. The lowest BCUT2D eigenvalue weighted by Gasteiger charge is -2.22. The van der Waals surface area contributed by atoms with Crippen LogP contribution < -0.4 is 10.1 Å². The summed E-state index contributed by atoms with van der Waals surface area (Å²) in [7, 11) is 0. The molecule has 0 radical (unpaired) electrons. The van der Waals surface area contributed by atoms with E-state index in [-0.39, 0.29) is 46.1 Å². The van der Waals surface area contributed by atoms with E-state index in [0.29, 0.717) is 28.5 Å². The van der Waals surface area contributed by atoms with Crippen molar-refractivity contribution in [3.05, 3.63) is 48.5 Å². The number of anilines is 1. The number of hydrogen-bond donors (Lipinski definition) is 1. The molecule has 3 aliphatic carbocycles. The molecule has 6 rings (SSSR count). The van der Waals surface area contributed by atoms with Crippen molar-refractivity contribution in [2.24, 2.45) is 29.6 Å². The van der Waals surface area contributed by atoms with Gasteiger partial charge in [0, 0.05) is 29.8 Å². The molecule has 0 bridgehead atoms. The van der Waals surface area contributed by atoms with Crippen molar-refractivity contribution in [1.29, 1.82) is 0 Å². The molecule has 34 heavy (non-hydrogen) atoms. The number of nitrogens with zero attached hydrogens (tertiary/aromatic N) is 3. The van der Waals surface area contributed by atoms with Crippen LogP contribution in [0.5, 0.6) is 5.75 Å². The Morgan fingerprint density at radius 3 is 2.59 bits per heavy atom. The van der Waals surface area contributed by atoms with Crippen LogP contribution in [0.3, 0.4) is 0 Å². The third-order valence-corrected chi connectivity index (χ3v) is 7.37. The third-order valence-electron chi connectivity index (χ3n) is 7.37. The Kier molecular flexibility index (Phi) is 4.82. The highest BCUT2D eigenvalue weighted by molar-refractivity contribution is 5.92. The number of amides is 1. The van der Waals surface area contributed by atoms with Gasteiger partial charge in [-0.15, -0.1) is 18.3 Å². The van der Waals surface area contributed by atoms with Crippen LogP contribution in [0.4, 0.5) is 23.4 Å². The van der Waals surface area contributed by atoms with Gasteiger partial charge in [0.1, 0.15) is 11.6 Å². The zero-order valence-electron chi connectivity index (χ0n) is 18.0. The van der Waals surface area contributed by atoms with Gasteiger partial charge in [-0.1, -0.05) is 0 Å². The summed E-state index contributed by atoms with van der Waals surface area (Å²) in [6, 6.07) is 7.31. The molecule has 1 N–H and O–H groups in total. The summed E-state index contributed by atoms with van der Waals surface area (Å²) in [4.78, 5) is 17.3. The normalized spacial score (nSPS) is 26.8. The average molecular weight is 474 g/mol. The van der Waals surface area contributed by atoms with Crippen LogP contribution in [0, 0.1) is 35.4 Å². The summed E-state index contributed by atoms with van der Waals surface area (Å²) < 4.78 is 58.2. The molecule has 3 aromatic rings. The Hall–Kier alpha value is -3.17. The second-order valence-corrected chi connectivity index (χ2v) is 9.55. The number of nitrogens with one attached hydrogen (secondary N) is 1. The first kappa shape index (κ1) is 21.4. The Morgan fingerprint density at radius 2 is 1.91 bits per heavy atom. The SMILES string of the molecule is O=C(Nc1ccn(C(F)(F)F)n1)C(C1CC1)[C@H]1[C@@H]2C[C@@H](Oc3ccnc4ccc(F)cc34)C[C@@H]21. The predicted molar refractivity (Wildman–Crippen MR) is 114 cm³/mol. The maximum Gasteiger partial charge on any atom is 0.504 e. The van der Waals surface area contributed by atoms with E-state index in [4.69, 9.17) is 4.74 Å². The number of aromatic nitrogens is 3. The first-order valence-corrected chi connectivity index (χ1v) is 11.4. The second kappa shape index (κ2) is 7.68. The number of carbonyl (C=O) groups is 1. The molecule has 5 atom stereocenters. The van der Waals surface area contributed by atoms with E-state index in [1.165, 1.54) is 12.1 Å². The minimum Gasteiger partial charge on any atom is -0.490 e. The number of pyridine rings is 1. The zero-order valence-corrected chi connectivity index (χ0v) is 18.0. The summed E-state index contributed by atoms with van der Waals surface area (Å²) in [6.45, 7) is 0. The van der Waals surface area contributed by atoms with Gasteiger partial charge >= 0.3 is 6.30 Å². The van der Waals surface area contributed by atoms with E-state index < -0.39 is 6.30 Å². The van der Waals surface area contributed by atoms with Crippen molar-refractivity contribution < 1.29 is 27.1 Å². The Labute approximate surface area is 192 Å². The highest BCUT2D eigenvalue weighted by atomic mass is 19.4. The van der Waals surface area contributed by atoms with Gasteiger partial charge in [-0.25, -0.2) is 4.39 Å². The van der Waals surface area contributed by atoms with Crippen molar-refractivity contribution in [3.63, 3.8) is 0 Å². The summed E-state index contributed by atoms with van der Waals surface area (Å²) in [5, 5.41) is 6.66. The molecule has 1 amide bonds. The smallest absolute Gasteiger partial charge is 0.490 e. The summed E-state index contributed by atoms with van der Waals surface area (Å²) in [5.74, 6) is 0.873. The van der Waals surface area contributed by atoms with Crippen molar-refractivity contribution in [1.82, 2.24) is 14.8 Å². The maximum absolute atomic E-state index is 13.7. The number of benzene rings is 1. The molecule has 2 aromatic heterocycles. The van der Waals surface area contributed by atoms with Crippen LogP contribution in [0.15, 0.2) is 42.7 Å². The van der Waals surface area contributed by atoms with Gasteiger partial charge in [-0.05, 0) is 73.6 Å². The first-order chi connectivity index (χ1) is 16.3. The van der Waals surface area contributed by atoms with Crippen LogP contribution in [0.2, 0.25) is 0 Å². The minimum absolute atomic E-state index is 0.0227. The van der Waals surface area contributed by atoms with Crippen LogP contribution in [0.1, 0.15) is 25.7 Å². The predicted octanol–water partition coefficient (Wildman–Crippen LogP) is 5.12. The highest BCUT2D eigenvalue weighted by Crippen LogP contribution is 2.64. The Morgan fingerprint density at radius 1 is 1.15 bits per heavy atom. The monoisotopic (exact) mass is 474 g/mol. The maximum atomic E-state index is 13.7. The van der Waals surface area contributed by atoms with Gasteiger partial charge in [0.2, 0.25) is 5.91 Å². The van der Waals surface area contributed by atoms with E-state index in [1.54, 1.807) is 18.3 Å². The number of carbonyl (C=O) groups excluding carboxylic acids is 1. The number of fused-ring (bicyclic) bond motifs is 2. The van der Waals surface area contributed by atoms with E-state index in [1.807, 2.05) is 0 Å². The fourth-order valence-electron chi connectivity index (χ4n) is 5.75. The van der Waals surface area contributed by atoms with E-state index in [9.17, 15) is 22.4 Å². The van der Waals surface area contributed by atoms with E-state index in [2.05, 4.69) is 15.4 Å². The van der Waals surface area contributed by atoms with Gasteiger partial charge in [0.25, 0.3) is 0 Å². The number of ether oxygens (including phenoxy) is 1. The van der Waals surface area contributed by atoms with Gasteiger partial charge in [-0.2, -0.15) is 4.68 Å². The molecule has 0 aliphatic heterocycles. The lowest BCUT2D eigenvalue weighted by atomic mass is 9.91. The molecule has 1 aromatic carbocycles. The largest absolute Gasteiger partial charge is 0.504 e. The fourth-order valence-corrected chi connectivity index (χ4v) is 5.75. The number of hydrogen-bond acceptors (Lipinski definition) is 4. The molecule has 0 spiro atoms. The van der Waals surface area contributed by atoms with E-state index in [0.717, 1.165) is 37.9 Å². The fraction of sp³-hybridized carbons (Fsp3) is 0.458. The quantitative estimate of drug-likeness (QED) is 0.504. The van der Waals surface area contributed by atoms with Crippen molar-refractivity contribution >= 4 is 22.6 Å². The standard InChI is InChI=1S/C24H22F4N4O2/c25-13-3-4-18-17(9-13)19(5-7-29-18)34-14-10-15-16(11-14)22(15)21(12-1-2-12)23(33)30-20-6-8-32(31-20)24(26,27)28/h3-9,12,14-16,21-22H,1-2,10-11H2,(H,30,31,33)/t14-,15-,16+,21?,22+. The van der Waals surface area contributed by atoms with Crippen LogP contribution in [-0.4, -0.2) is 26.8 Å². The number of rotatable bonds is 6. The second-order valence-electron chi connectivity index (χ2n) is 9.55. The molecule has 2 heterocycles. The molecule has 10 heteroatoms. The lowest BCUT2D eigenvalue weighted by molar-refractivity contribution is -0.212. The van der Waals surface area contributed by atoms with Gasteiger partial charge in [-0.3, -0.25) is 9.78 Å². The molecule has 1 unspecified atom stereocenters. The first-order valence-electron chi connectivity index (χ1n) is 11.4. The highest BCUT2D eigenvalue weighted by Gasteiger charge is 2.63. The van der Waals surface area contributed by atoms with E-state index >= 15 is 0 Å². The molecule has 6 nitrogen and oxygen atoms in total. The summed E-state index contributed by atoms with van der Waals surface area (Å²) >= 11 is 0. The van der Waals surface area contributed by atoms with Gasteiger partial charge < -0.3 is 10.1 Å². The summed E-state index contributed by atoms with van der Waals surface area (Å²) in [6.07, 6.45) is 1.31. The summed E-state index contributed by atoms with van der Waals surface area (Å²) in [5.41, 5.74) is 0.665. The molecule has 3 saturated carbocycles. The number of halogens is 4. The van der Waals surface area contributed by atoms with Crippen molar-refractivity contribution in [3.8, 4) is 5.75 Å².